The number of hydrogen-bond donors (Lipinski definition) is 0. The molecule has 0 fully saturated rings. The van der Waals surface area contributed by atoms with Gasteiger partial charge in [0.15, 0.2) is 0 Å². The Balaban J connectivity index is 0. The maximum absolute atomic E-state index is 3.56. The van der Waals surface area contributed by atoms with Gasteiger partial charge in [0.1, 0.15) is 0 Å². The smallest absolute Gasteiger partial charge is 0.0347 e. The largest absolute Gasteiger partial charge is 0.377 e. The first-order valence-corrected chi connectivity index (χ1v) is 2.25. The van der Waals surface area contributed by atoms with Crippen LogP contribution >= 0.6 is 12.4 Å². The third-order valence-corrected chi connectivity index (χ3v) is 0.729. The number of nitrogens with zero attached hydrogens (tertiary/aromatic N) is 1. The number of halogens is 1. The predicted octanol–water partition coefficient (Wildman–Crippen LogP) is 1.67. The lowest BCUT2D eigenvalue weighted by Crippen LogP contribution is -2.08. The van der Waals surface area contributed by atoms with E-state index in [4.69, 9.17) is 0 Å². The average Bonchev–Trinajstić information content (AvgIpc) is 1.68. The van der Waals surface area contributed by atoms with E-state index in [1.54, 1.807) is 6.20 Å². The Hall–Kier alpha value is -0.430. The van der Waals surface area contributed by atoms with Crippen LogP contribution in [0.2, 0.25) is 0 Å². The van der Waals surface area contributed by atoms with Crippen molar-refractivity contribution in [2.45, 2.75) is 0 Å². The van der Waals surface area contributed by atoms with E-state index in [9.17, 15) is 0 Å². The van der Waals surface area contributed by atoms with E-state index in [-0.39, 0.29) is 12.4 Å². The van der Waals surface area contributed by atoms with E-state index < -0.39 is 0 Å². The second-order valence-electron chi connectivity index (χ2n) is 1.41. The molecule has 0 saturated heterocycles. The van der Waals surface area contributed by atoms with Crippen molar-refractivity contribution in [3.63, 3.8) is 0 Å². The van der Waals surface area contributed by atoms with Gasteiger partial charge >= 0.3 is 0 Å². The quantitative estimate of drug-likeness (QED) is 0.530. The molecule has 0 N–H and O–H groups in total. The molecule has 0 unspecified atom stereocenters. The molecule has 0 rings (SSSR count). The van der Waals surface area contributed by atoms with Gasteiger partial charge in [-0.15, -0.1) is 19.0 Å². The molecule has 0 aliphatic heterocycles. The molecule has 0 aliphatic carbocycles. The summed E-state index contributed by atoms with van der Waals surface area (Å²) in [6.07, 6.45) is 3.60. The molecule has 0 aromatic rings. The van der Waals surface area contributed by atoms with Gasteiger partial charge in [-0.25, -0.2) is 0 Å². The summed E-state index contributed by atoms with van der Waals surface area (Å²) in [6.45, 7) is 7.99. The van der Waals surface area contributed by atoms with Gasteiger partial charge in [-0.05, 0) is 6.20 Å². The fourth-order valence-corrected chi connectivity index (χ4v) is 0.278. The summed E-state index contributed by atoms with van der Waals surface area (Å²) in [6, 6.07) is 0. The van der Waals surface area contributed by atoms with E-state index in [0.717, 1.165) is 6.54 Å². The van der Waals surface area contributed by atoms with Crippen LogP contribution in [0.5, 0.6) is 0 Å². The fraction of sp³-hybridized carbons (Fsp3) is 0.333. The van der Waals surface area contributed by atoms with Crippen LogP contribution in [0, 0.1) is 0 Å². The van der Waals surface area contributed by atoms with Crippen LogP contribution < -0.4 is 0 Å². The Bertz CT molecular complexity index is 70.9. The number of rotatable bonds is 3. The summed E-state index contributed by atoms with van der Waals surface area (Å²) < 4.78 is 0. The summed E-state index contributed by atoms with van der Waals surface area (Å²) in [5.41, 5.74) is 0. The molecule has 0 heterocycles. The van der Waals surface area contributed by atoms with Gasteiger partial charge in [-0.2, -0.15) is 0 Å². The highest BCUT2D eigenvalue weighted by Crippen LogP contribution is 1.78. The lowest BCUT2D eigenvalue weighted by molar-refractivity contribution is 0.512. The van der Waals surface area contributed by atoms with Crippen LogP contribution in [0.3, 0.4) is 0 Å². The Morgan fingerprint density at radius 2 is 2.00 bits per heavy atom. The monoisotopic (exact) mass is 133 g/mol. The van der Waals surface area contributed by atoms with Crippen LogP contribution in [-0.4, -0.2) is 18.5 Å². The average molecular weight is 134 g/mol. The molecule has 0 aliphatic rings. The third kappa shape index (κ3) is 5.57. The van der Waals surface area contributed by atoms with E-state index in [1.807, 2.05) is 18.0 Å². The summed E-state index contributed by atoms with van der Waals surface area (Å²) in [4.78, 5) is 1.95. The SMILES string of the molecule is C=CCN(C)C=C.Cl. The van der Waals surface area contributed by atoms with Gasteiger partial charge in [-0.1, -0.05) is 12.7 Å². The summed E-state index contributed by atoms with van der Waals surface area (Å²) in [5, 5.41) is 0. The Morgan fingerprint density at radius 1 is 1.50 bits per heavy atom. The molecular weight excluding hydrogens is 122 g/mol. The van der Waals surface area contributed by atoms with Crippen molar-refractivity contribution in [3.8, 4) is 0 Å². The van der Waals surface area contributed by atoms with Gasteiger partial charge in [0.2, 0.25) is 0 Å². The normalized spacial score (nSPS) is 6.62. The van der Waals surface area contributed by atoms with Gasteiger partial charge in [0.05, 0.1) is 0 Å². The van der Waals surface area contributed by atoms with E-state index >= 15 is 0 Å². The molecule has 8 heavy (non-hydrogen) atoms. The molecule has 0 aromatic heterocycles. The molecule has 48 valence electrons. The van der Waals surface area contributed by atoms with Crippen molar-refractivity contribution >= 4 is 12.4 Å². The number of hydrogen-bond acceptors (Lipinski definition) is 1. The molecule has 2 heteroatoms. The minimum Gasteiger partial charge on any atom is -0.377 e. The van der Waals surface area contributed by atoms with E-state index in [1.165, 1.54) is 0 Å². The molecule has 0 aromatic carbocycles. The maximum Gasteiger partial charge on any atom is 0.0347 e. The first-order valence-electron chi connectivity index (χ1n) is 2.25. The molecular formula is C6H12ClN. The van der Waals surface area contributed by atoms with Crippen molar-refractivity contribution in [1.82, 2.24) is 4.90 Å². The first kappa shape index (κ1) is 10.5. The topological polar surface area (TPSA) is 3.24 Å². The third-order valence-electron chi connectivity index (χ3n) is 0.729. The van der Waals surface area contributed by atoms with E-state index in [2.05, 4.69) is 13.2 Å². The van der Waals surface area contributed by atoms with Gasteiger partial charge < -0.3 is 4.90 Å². The predicted molar refractivity (Wildman–Crippen MR) is 40.3 cm³/mol. The standard InChI is InChI=1S/C6H11N.ClH/c1-4-6-7(3)5-2;/h4-5H,1-2,6H2,3H3;1H. The summed E-state index contributed by atoms with van der Waals surface area (Å²) in [7, 11) is 1.95. The van der Waals surface area contributed by atoms with Crippen LogP contribution in [0.1, 0.15) is 0 Å². The molecule has 0 amide bonds. The highest BCUT2D eigenvalue weighted by atomic mass is 35.5. The molecule has 0 saturated carbocycles. The van der Waals surface area contributed by atoms with Crippen molar-refractivity contribution in [2.24, 2.45) is 0 Å². The lowest BCUT2D eigenvalue weighted by Gasteiger charge is -2.07. The Morgan fingerprint density at radius 3 is 2.12 bits per heavy atom. The zero-order chi connectivity index (χ0) is 5.70. The number of likely N-dealkylation sites (N-methyl/N-ethyl adjacent to an activating group) is 1. The lowest BCUT2D eigenvalue weighted by atomic mass is 10.6. The highest BCUT2D eigenvalue weighted by Gasteiger charge is 1.77. The molecule has 1 nitrogen and oxygen atoms in total. The van der Waals surface area contributed by atoms with Gasteiger partial charge in [0, 0.05) is 13.6 Å². The zero-order valence-corrected chi connectivity index (χ0v) is 5.95. The molecule has 0 atom stereocenters. The second kappa shape index (κ2) is 6.57. The highest BCUT2D eigenvalue weighted by molar-refractivity contribution is 5.85. The van der Waals surface area contributed by atoms with E-state index in [0.29, 0.717) is 0 Å². The Labute approximate surface area is 57.1 Å². The van der Waals surface area contributed by atoms with Crippen molar-refractivity contribution in [3.05, 3.63) is 25.4 Å². The van der Waals surface area contributed by atoms with Crippen LogP contribution in [0.25, 0.3) is 0 Å². The first-order chi connectivity index (χ1) is 3.31. The summed E-state index contributed by atoms with van der Waals surface area (Å²) in [5.74, 6) is 0. The van der Waals surface area contributed by atoms with Crippen LogP contribution in [0.4, 0.5) is 0 Å². The van der Waals surface area contributed by atoms with Crippen LogP contribution in [-0.2, 0) is 0 Å². The molecule has 0 spiro atoms. The van der Waals surface area contributed by atoms with Gasteiger partial charge in [0.25, 0.3) is 0 Å². The minimum absolute atomic E-state index is 0. The minimum atomic E-state index is 0. The molecule has 0 radical (unpaired) electrons. The maximum atomic E-state index is 3.56. The van der Waals surface area contributed by atoms with Crippen molar-refractivity contribution in [1.29, 1.82) is 0 Å². The summed E-state index contributed by atoms with van der Waals surface area (Å²) >= 11 is 0. The zero-order valence-electron chi connectivity index (χ0n) is 5.13. The van der Waals surface area contributed by atoms with Gasteiger partial charge in [-0.3, -0.25) is 0 Å². The Kier molecular flexibility index (Phi) is 8.65. The van der Waals surface area contributed by atoms with Crippen LogP contribution in [0.15, 0.2) is 25.4 Å². The van der Waals surface area contributed by atoms with Crippen molar-refractivity contribution in [2.75, 3.05) is 13.6 Å². The molecule has 0 bridgehead atoms. The second-order valence-corrected chi connectivity index (χ2v) is 1.41. The fourth-order valence-electron chi connectivity index (χ4n) is 0.278. The van der Waals surface area contributed by atoms with Crippen molar-refractivity contribution < 1.29 is 0 Å².